The Kier molecular flexibility index (Phi) is 4.09. The van der Waals surface area contributed by atoms with E-state index in [0.717, 1.165) is 47.6 Å². The lowest BCUT2D eigenvalue weighted by Crippen LogP contribution is -2.36. The molecule has 0 unspecified atom stereocenters. The Hall–Kier alpha value is -2.36. The van der Waals surface area contributed by atoms with Gasteiger partial charge in [-0.1, -0.05) is 17.7 Å². The van der Waals surface area contributed by atoms with Crippen molar-refractivity contribution < 1.29 is 9.53 Å². The van der Waals surface area contributed by atoms with Gasteiger partial charge in [0, 0.05) is 18.3 Å². The van der Waals surface area contributed by atoms with Gasteiger partial charge in [0.15, 0.2) is 0 Å². The van der Waals surface area contributed by atoms with Gasteiger partial charge in [-0.05, 0) is 38.0 Å². The molecule has 4 nitrogen and oxygen atoms in total. The fourth-order valence-electron chi connectivity index (χ4n) is 2.96. The molecule has 4 heteroatoms. The first-order chi connectivity index (χ1) is 10.7. The van der Waals surface area contributed by atoms with E-state index in [-0.39, 0.29) is 5.91 Å². The number of nitrogens with zero attached hydrogens (tertiary/aromatic N) is 2. The Balaban J connectivity index is 1.86. The highest BCUT2D eigenvalue weighted by atomic mass is 16.5. The van der Waals surface area contributed by atoms with Crippen molar-refractivity contribution in [1.29, 1.82) is 0 Å². The second kappa shape index (κ2) is 6.18. The summed E-state index contributed by atoms with van der Waals surface area (Å²) in [7, 11) is 1.64. The SMILES string of the molecule is COc1ccc(C)cc1CC(=O)N1CCCc2ncccc21. The van der Waals surface area contributed by atoms with Crippen LogP contribution in [-0.4, -0.2) is 24.5 Å². The smallest absolute Gasteiger partial charge is 0.231 e. The molecule has 0 N–H and O–H groups in total. The minimum atomic E-state index is 0.0952. The predicted octanol–water partition coefficient (Wildman–Crippen LogP) is 2.92. The average Bonchev–Trinajstić information content (AvgIpc) is 2.54. The van der Waals surface area contributed by atoms with Crippen molar-refractivity contribution in [3.05, 3.63) is 53.3 Å². The highest BCUT2D eigenvalue weighted by Crippen LogP contribution is 2.27. The molecule has 1 aromatic heterocycles. The van der Waals surface area contributed by atoms with Gasteiger partial charge in [0.25, 0.3) is 0 Å². The first-order valence-corrected chi connectivity index (χ1v) is 7.57. The van der Waals surface area contributed by atoms with Crippen molar-refractivity contribution in [3.63, 3.8) is 0 Å². The Bertz CT molecular complexity index is 697. The summed E-state index contributed by atoms with van der Waals surface area (Å²) in [4.78, 5) is 19.0. The number of methoxy groups -OCH3 is 1. The van der Waals surface area contributed by atoms with Gasteiger partial charge in [-0.3, -0.25) is 9.78 Å². The molecule has 0 spiro atoms. The van der Waals surface area contributed by atoms with Crippen molar-refractivity contribution in [3.8, 4) is 5.75 Å². The third-order valence-corrected chi connectivity index (χ3v) is 4.03. The summed E-state index contributed by atoms with van der Waals surface area (Å²) >= 11 is 0. The quantitative estimate of drug-likeness (QED) is 0.874. The van der Waals surface area contributed by atoms with Crippen LogP contribution in [0.5, 0.6) is 5.75 Å². The molecular formula is C18H20N2O2. The number of hydrogen-bond acceptors (Lipinski definition) is 3. The van der Waals surface area contributed by atoms with E-state index >= 15 is 0 Å². The predicted molar refractivity (Wildman–Crippen MR) is 86.3 cm³/mol. The van der Waals surface area contributed by atoms with E-state index in [1.54, 1.807) is 13.3 Å². The van der Waals surface area contributed by atoms with Gasteiger partial charge in [-0.15, -0.1) is 0 Å². The van der Waals surface area contributed by atoms with Crippen molar-refractivity contribution >= 4 is 11.6 Å². The highest BCUT2D eigenvalue weighted by Gasteiger charge is 2.23. The van der Waals surface area contributed by atoms with Crippen molar-refractivity contribution in [2.45, 2.75) is 26.2 Å². The van der Waals surface area contributed by atoms with Crippen LogP contribution in [0.4, 0.5) is 5.69 Å². The minimum Gasteiger partial charge on any atom is -0.496 e. The van der Waals surface area contributed by atoms with Gasteiger partial charge >= 0.3 is 0 Å². The van der Waals surface area contributed by atoms with E-state index in [4.69, 9.17) is 4.74 Å². The molecule has 0 atom stereocenters. The van der Waals surface area contributed by atoms with Crippen LogP contribution in [-0.2, 0) is 17.6 Å². The third kappa shape index (κ3) is 2.82. The van der Waals surface area contributed by atoms with E-state index in [2.05, 4.69) is 4.98 Å². The number of anilines is 1. The van der Waals surface area contributed by atoms with Gasteiger partial charge in [-0.2, -0.15) is 0 Å². The van der Waals surface area contributed by atoms with E-state index in [1.807, 2.05) is 42.2 Å². The molecule has 3 rings (SSSR count). The Morgan fingerprint density at radius 3 is 3.05 bits per heavy atom. The Morgan fingerprint density at radius 1 is 1.36 bits per heavy atom. The number of rotatable bonds is 3. The molecular weight excluding hydrogens is 276 g/mol. The summed E-state index contributed by atoms with van der Waals surface area (Å²) in [5, 5.41) is 0. The van der Waals surface area contributed by atoms with Gasteiger partial charge in [0.1, 0.15) is 5.75 Å². The molecule has 22 heavy (non-hydrogen) atoms. The lowest BCUT2D eigenvalue weighted by atomic mass is 10.0. The van der Waals surface area contributed by atoms with Crippen LogP contribution in [0.1, 0.15) is 23.2 Å². The fourth-order valence-corrected chi connectivity index (χ4v) is 2.96. The van der Waals surface area contributed by atoms with E-state index in [0.29, 0.717) is 6.42 Å². The van der Waals surface area contributed by atoms with Crippen molar-refractivity contribution in [1.82, 2.24) is 4.98 Å². The lowest BCUT2D eigenvalue weighted by molar-refractivity contribution is -0.118. The summed E-state index contributed by atoms with van der Waals surface area (Å²) < 4.78 is 5.37. The zero-order chi connectivity index (χ0) is 15.5. The van der Waals surface area contributed by atoms with E-state index < -0.39 is 0 Å². The number of amides is 1. The highest BCUT2D eigenvalue weighted by molar-refractivity contribution is 5.96. The summed E-state index contributed by atoms with van der Waals surface area (Å²) in [6.45, 7) is 2.78. The number of ether oxygens (including phenoxy) is 1. The molecule has 1 aliphatic rings. The molecule has 1 amide bonds. The van der Waals surface area contributed by atoms with Gasteiger partial charge in [-0.25, -0.2) is 0 Å². The summed E-state index contributed by atoms with van der Waals surface area (Å²) in [5.41, 5.74) is 4.02. The van der Waals surface area contributed by atoms with Crippen LogP contribution in [0.2, 0.25) is 0 Å². The van der Waals surface area contributed by atoms with Gasteiger partial charge in [0.05, 0.1) is 24.9 Å². The third-order valence-electron chi connectivity index (χ3n) is 4.03. The van der Waals surface area contributed by atoms with Crippen LogP contribution in [0.25, 0.3) is 0 Å². The molecule has 0 saturated carbocycles. The average molecular weight is 296 g/mol. The summed E-state index contributed by atoms with van der Waals surface area (Å²) in [6.07, 6.45) is 4.03. The second-order valence-electron chi connectivity index (χ2n) is 5.61. The molecule has 0 saturated heterocycles. The van der Waals surface area contributed by atoms with Gasteiger partial charge in [0.2, 0.25) is 5.91 Å². The molecule has 0 fully saturated rings. The molecule has 114 valence electrons. The molecule has 1 aromatic carbocycles. The number of aryl methyl sites for hydroxylation is 2. The minimum absolute atomic E-state index is 0.0952. The number of aromatic nitrogens is 1. The Morgan fingerprint density at radius 2 is 2.23 bits per heavy atom. The summed E-state index contributed by atoms with van der Waals surface area (Å²) in [5.74, 6) is 0.861. The standard InChI is InChI=1S/C18H20N2O2/c1-13-7-8-17(22-2)14(11-13)12-18(21)20-10-4-5-15-16(20)6-3-9-19-15/h3,6-9,11H,4-5,10,12H2,1-2H3. The van der Waals surface area contributed by atoms with Crippen LogP contribution >= 0.6 is 0 Å². The molecule has 2 aromatic rings. The molecule has 2 heterocycles. The number of pyridine rings is 1. The first-order valence-electron chi connectivity index (χ1n) is 7.57. The maximum atomic E-state index is 12.8. The first kappa shape index (κ1) is 14.6. The molecule has 1 aliphatic heterocycles. The fraction of sp³-hybridized carbons (Fsp3) is 0.333. The normalized spacial score (nSPS) is 13.6. The van der Waals surface area contributed by atoms with Crippen LogP contribution < -0.4 is 9.64 Å². The Labute approximate surface area is 130 Å². The molecule has 0 bridgehead atoms. The number of hydrogen-bond donors (Lipinski definition) is 0. The monoisotopic (exact) mass is 296 g/mol. The summed E-state index contributed by atoms with van der Waals surface area (Å²) in [6, 6.07) is 9.80. The maximum absolute atomic E-state index is 12.8. The number of carbonyl (C=O) groups excluding carboxylic acids is 1. The topological polar surface area (TPSA) is 42.4 Å². The molecule has 0 aliphatic carbocycles. The zero-order valence-electron chi connectivity index (χ0n) is 13.0. The van der Waals surface area contributed by atoms with E-state index in [9.17, 15) is 4.79 Å². The number of fused-ring (bicyclic) bond motifs is 1. The number of benzene rings is 1. The van der Waals surface area contributed by atoms with Crippen molar-refractivity contribution in [2.24, 2.45) is 0 Å². The molecule has 0 radical (unpaired) electrons. The van der Waals surface area contributed by atoms with Crippen LogP contribution in [0, 0.1) is 6.92 Å². The second-order valence-corrected chi connectivity index (χ2v) is 5.61. The van der Waals surface area contributed by atoms with Crippen molar-refractivity contribution in [2.75, 3.05) is 18.6 Å². The zero-order valence-corrected chi connectivity index (χ0v) is 13.0. The maximum Gasteiger partial charge on any atom is 0.231 e. The van der Waals surface area contributed by atoms with E-state index in [1.165, 1.54) is 0 Å². The number of carbonyl (C=O) groups is 1. The lowest BCUT2D eigenvalue weighted by Gasteiger charge is -2.29. The largest absolute Gasteiger partial charge is 0.496 e. The van der Waals surface area contributed by atoms with Crippen LogP contribution in [0.15, 0.2) is 36.5 Å². The van der Waals surface area contributed by atoms with Gasteiger partial charge < -0.3 is 9.64 Å². The van der Waals surface area contributed by atoms with Crippen LogP contribution in [0.3, 0.4) is 0 Å².